The second kappa shape index (κ2) is 7.41. The van der Waals surface area contributed by atoms with Gasteiger partial charge in [0.05, 0.1) is 0 Å². The largest absolute Gasteiger partial charge is 0.328 e. The van der Waals surface area contributed by atoms with E-state index in [1.165, 1.54) is 64.2 Å². The Hall–Kier alpha value is -0.0400. The first-order chi connectivity index (χ1) is 7.97. The molecule has 1 aliphatic rings. The van der Waals surface area contributed by atoms with Crippen LogP contribution in [0.2, 0.25) is 0 Å². The van der Waals surface area contributed by atoms with E-state index in [9.17, 15) is 0 Å². The predicted molar refractivity (Wildman–Crippen MR) is 77.1 cm³/mol. The summed E-state index contributed by atoms with van der Waals surface area (Å²) in [7, 11) is 0. The Bertz CT molecular complexity index is 186. The molecule has 0 amide bonds. The van der Waals surface area contributed by atoms with Crippen molar-refractivity contribution in [1.29, 1.82) is 0 Å². The molecule has 0 radical (unpaired) electrons. The molecule has 1 aliphatic carbocycles. The molecule has 1 nitrogen and oxygen atoms in total. The van der Waals surface area contributed by atoms with E-state index in [0.29, 0.717) is 11.5 Å². The average molecular weight is 239 g/mol. The molecule has 2 N–H and O–H groups in total. The number of rotatable bonds is 6. The highest BCUT2D eigenvalue weighted by atomic mass is 14.6. The van der Waals surface area contributed by atoms with E-state index in [2.05, 4.69) is 20.8 Å². The van der Waals surface area contributed by atoms with E-state index in [4.69, 9.17) is 5.73 Å². The normalized spacial score (nSPS) is 20.5. The molecule has 1 rings (SSSR count). The molecular formula is C16H33N. The Kier molecular flexibility index (Phi) is 6.54. The molecule has 0 aliphatic heterocycles. The van der Waals surface area contributed by atoms with E-state index in [1.54, 1.807) is 0 Å². The molecule has 1 heteroatoms. The molecule has 17 heavy (non-hydrogen) atoms. The van der Waals surface area contributed by atoms with Gasteiger partial charge in [0, 0.05) is 6.04 Å². The van der Waals surface area contributed by atoms with Crippen LogP contribution < -0.4 is 5.73 Å². The van der Waals surface area contributed by atoms with Gasteiger partial charge in [-0.3, -0.25) is 0 Å². The summed E-state index contributed by atoms with van der Waals surface area (Å²) >= 11 is 0. The molecule has 0 aromatic carbocycles. The first kappa shape index (κ1) is 15.0. The van der Waals surface area contributed by atoms with Gasteiger partial charge in [-0.1, -0.05) is 59.3 Å². The SMILES string of the molecule is CC(C)(C)CCCC(N)CCC1CCCCC1. The Morgan fingerprint density at radius 2 is 1.71 bits per heavy atom. The van der Waals surface area contributed by atoms with Crippen LogP contribution in [0.15, 0.2) is 0 Å². The van der Waals surface area contributed by atoms with Gasteiger partial charge in [0.2, 0.25) is 0 Å². The fraction of sp³-hybridized carbons (Fsp3) is 1.00. The van der Waals surface area contributed by atoms with Crippen LogP contribution in [0, 0.1) is 11.3 Å². The zero-order valence-corrected chi connectivity index (χ0v) is 12.3. The molecule has 1 atom stereocenters. The van der Waals surface area contributed by atoms with Crippen molar-refractivity contribution in [2.45, 2.75) is 91.0 Å². The van der Waals surface area contributed by atoms with Crippen LogP contribution in [0.3, 0.4) is 0 Å². The summed E-state index contributed by atoms with van der Waals surface area (Å²) in [6, 6.07) is 0.458. The monoisotopic (exact) mass is 239 g/mol. The Morgan fingerprint density at radius 3 is 2.29 bits per heavy atom. The third kappa shape index (κ3) is 7.81. The van der Waals surface area contributed by atoms with Crippen molar-refractivity contribution in [3.05, 3.63) is 0 Å². The molecule has 0 saturated heterocycles. The van der Waals surface area contributed by atoms with Crippen molar-refractivity contribution in [2.24, 2.45) is 17.1 Å². The zero-order chi connectivity index (χ0) is 12.7. The van der Waals surface area contributed by atoms with Gasteiger partial charge < -0.3 is 5.73 Å². The second-order valence-corrected chi connectivity index (χ2v) is 7.29. The maximum Gasteiger partial charge on any atom is 0.00389 e. The van der Waals surface area contributed by atoms with Gasteiger partial charge in [-0.2, -0.15) is 0 Å². The summed E-state index contributed by atoms with van der Waals surface area (Å²) in [4.78, 5) is 0. The molecule has 0 spiro atoms. The van der Waals surface area contributed by atoms with Gasteiger partial charge in [0.1, 0.15) is 0 Å². The lowest BCUT2D eigenvalue weighted by Gasteiger charge is -2.23. The molecular weight excluding hydrogens is 206 g/mol. The summed E-state index contributed by atoms with van der Waals surface area (Å²) in [6.45, 7) is 6.96. The highest BCUT2D eigenvalue weighted by Crippen LogP contribution is 2.28. The van der Waals surface area contributed by atoms with Gasteiger partial charge >= 0.3 is 0 Å². The molecule has 0 aromatic rings. The first-order valence-electron chi connectivity index (χ1n) is 7.73. The summed E-state index contributed by atoms with van der Waals surface area (Å²) in [5.74, 6) is 0.998. The maximum absolute atomic E-state index is 6.22. The predicted octanol–water partition coefficient (Wildman–Crippen LogP) is 4.89. The molecule has 1 unspecified atom stereocenters. The average Bonchev–Trinajstić information content (AvgIpc) is 2.26. The number of hydrogen-bond donors (Lipinski definition) is 1. The van der Waals surface area contributed by atoms with Crippen LogP contribution in [-0.4, -0.2) is 6.04 Å². The fourth-order valence-corrected chi connectivity index (χ4v) is 2.96. The van der Waals surface area contributed by atoms with E-state index in [0.717, 1.165) is 5.92 Å². The quantitative estimate of drug-likeness (QED) is 0.701. The second-order valence-electron chi connectivity index (χ2n) is 7.29. The minimum absolute atomic E-state index is 0.458. The van der Waals surface area contributed by atoms with E-state index in [1.807, 2.05) is 0 Å². The van der Waals surface area contributed by atoms with Crippen LogP contribution in [0.25, 0.3) is 0 Å². The summed E-state index contributed by atoms with van der Waals surface area (Å²) < 4.78 is 0. The van der Waals surface area contributed by atoms with Gasteiger partial charge in [0.25, 0.3) is 0 Å². The Labute approximate surface area is 109 Å². The molecule has 0 bridgehead atoms. The van der Waals surface area contributed by atoms with Crippen molar-refractivity contribution >= 4 is 0 Å². The lowest BCUT2D eigenvalue weighted by atomic mass is 9.84. The van der Waals surface area contributed by atoms with Crippen LogP contribution in [0.5, 0.6) is 0 Å². The van der Waals surface area contributed by atoms with Crippen molar-refractivity contribution in [1.82, 2.24) is 0 Å². The van der Waals surface area contributed by atoms with Gasteiger partial charge in [-0.05, 0) is 37.0 Å². The van der Waals surface area contributed by atoms with Crippen LogP contribution >= 0.6 is 0 Å². The Balaban J connectivity index is 2.02. The van der Waals surface area contributed by atoms with Crippen LogP contribution in [-0.2, 0) is 0 Å². The number of nitrogens with two attached hydrogens (primary N) is 1. The standard InChI is InChI=1S/C16H33N/c1-16(2,3)13-7-10-15(17)12-11-14-8-5-4-6-9-14/h14-15H,4-13,17H2,1-3H3. The highest BCUT2D eigenvalue weighted by Gasteiger charge is 2.15. The first-order valence-corrected chi connectivity index (χ1v) is 7.73. The summed E-state index contributed by atoms with van der Waals surface area (Å²) in [6.07, 6.45) is 13.8. The van der Waals surface area contributed by atoms with Crippen LogP contribution in [0.4, 0.5) is 0 Å². The molecule has 0 aromatic heterocycles. The van der Waals surface area contributed by atoms with Crippen molar-refractivity contribution in [2.75, 3.05) is 0 Å². The van der Waals surface area contributed by atoms with Gasteiger partial charge in [0.15, 0.2) is 0 Å². The molecule has 1 fully saturated rings. The fourth-order valence-electron chi connectivity index (χ4n) is 2.96. The van der Waals surface area contributed by atoms with Crippen molar-refractivity contribution in [3.8, 4) is 0 Å². The topological polar surface area (TPSA) is 26.0 Å². The van der Waals surface area contributed by atoms with Crippen molar-refractivity contribution in [3.63, 3.8) is 0 Å². The molecule has 102 valence electrons. The third-order valence-corrected chi connectivity index (χ3v) is 4.17. The highest BCUT2D eigenvalue weighted by molar-refractivity contribution is 4.71. The third-order valence-electron chi connectivity index (χ3n) is 4.17. The molecule has 1 saturated carbocycles. The van der Waals surface area contributed by atoms with Gasteiger partial charge in [-0.25, -0.2) is 0 Å². The van der Waals surface area contributed by atoms with E-state index < -0.39 is 0 Å². The summed E-state index contributed by atoms with van der Waals surface area (Å²) in [5, 5.41) is 0. The zero-order valence-electron chi connectivity index (χ0n) is 12.3. The Morgan fingerprint density at radius 1 is 1.06 bits per heavy atom. The number of hydrogen-bond acceptors (Lipinski definition) is 1. The molecule has 0 heterocycles. The van der Waals surface area contributed by atoms with Crippen molar-refractivity contribution < 1.29 is 0 Å². The van der Waals surface area contributed by atoms with E-state index in [-0.39, 0.29) is 0 Å². The smallest absolute Gasteiger partial charge is 0.00389 e. The van der Waals surface area contributed by atoms with Crippen LogP contribution in [0.1, 0.15) is 85.0 Å². The lowest BCUT2D eigenvalue weighted by molar-refractivity contribution is 0.311. The van der Waals surface area contributed by atoms with E-state index >= 15 is 0 Å². The summed E-state index contributed by atoms with van der Waals surface area (Å²) in [5.41, 5.74) is 6.70. The maximum atomic E-state index is 6.22. The minimum Gasteiger partial charge on any atom is -0.328 e. The minimum atomic E-state index is 0.458. The van der Waals surface area contributed by atoms with Gasteiger partial charge in [-0.15, -0.1) is 0 Å². The lowest BCUT2D eigenvalue weighted by Crippen LogP contribution is -2.22.